The predicted octanol–water partition coefficient (Wildman–Crippen LogP) is 4.94. The van der Waals surface area contributed by atoms with Crippen LogP contribution in [0.4, 0.5) is 19.0 Å². The number of halogens is 4. The first-order chi connectivity index (χ1) is 18.7. The molecular formula is C27H35ClF3N5O4. The van der Waals surface area contributed by atoms with Crippen LogP contribution in [0.5, 0.6) is 5.75 Å². The molecule has 1 aromatic carbocycles. The fourth-order valence-corrected chi connectivity index (χ4v) is 4.93. The number of nitrogens with one attached hydrogen (secondary N) is 2. The van der Waals surface area contributed by atoms with E-state index in [9.17, 15) is 23.4 Å². The van der Waals surface area contributed by atoms with Crippen molar-refractivity contribution >= 4 is 28.7 Å². The minimum absolute atomic E-state index is 0.00500. The number of rotatable bonds is 10. The number of likely N-dealkylation sites (N-methyl/N-ethyl adjacent to an activating group) is 1. The molecule has 0 radical (unpaired) electrons. The molecule has 1 fully saturated rings. The first-order valence-corrected chi connectivity index (χ1v) is 13.1. The van der Waals surface area contributed by atoms with Crippen molar-refractivity contribution in [3.05, 3.63) is 40.2 Å². The van der Waals surface area contributed by atoms with Gasteiger partial charge in [0.2, 0.25) is 0 Å². The molecule has 0 amide bonds. The van der Waals surface area contributed by atoms with Gasteiger partial charge in [0, 0.05) is 56.4 Å². The molecule has 1 aliphatic rings. The fourth-order valence-electron chi connectivity index (χ4n) is 4.73. The van der Waals surface area contributed by atoms with Gasteiger partial charge in [0.1, 0.15) is 30.0 Å². The summed E-state index contributed by atoms with van der Waals surface area (Å²) in [5.41, 5.74) is -0.885. The topological polar surface area (TPSA) is 124 Å². The van der Waals surface area contributed by atoms with Crippen molar-refractivity contribution in [2.24, 2.45) is 0 Å². The molecule has 0 unspecified atom stereocenters. The highest BCUT2D eigenvalue weighted by Crippen LogP contribution is 2.43. The summed E-state index contributed by atoms with van der Waals surface area (Å²) in [4.78, 5) is 11.1. The summed E-state index contributed by atoms with van der Waals surface area (Å²) in [6, 6.07) is 4.83. The number of nitrogens with zero attached hydrogens (tertiary/aromatic N) is 3. The molecule has 0 saturated carbocycles. The Bertz CT molecular complexity index is 1260. The molecule has 40 heavy (non-hydrogen) atoms. The van der Waals surface area contributed by atoms with Gasteiger partial charge in [-0.1, -0.05) is 11.6 Å². The van der Waals surface area contributed by atoms with Crippen LogP contribution in [0.1, 0.15) is 37.9 Å². The number of anilines is 1. The molecule has 220 valence electrons. The Morgan fingerprint density at radius 2 is 1.90 bits per heavy atom. The van der Waals surface area contributed by atoms with E-state index in [4.69, 9.17) is 31.5 Å². The van der Waals surface area contributed by atoms with E-state index < -0.39 is 17.9 Å². The molecule has 4 N–H and O–H groups in total. The minimum atomic E-state index is -4.53. The number of hydrogen-bond donors (Lipinski definition) is 4. The molecule has 3 rings (SSSR count). The first kappa shape index (κ1) is 31.6. The van der Waals surface area contributed by atoms with Gasteiger partial charge in [0.05, 0.1) is 16.3 Å². The van der Waals surface area contributed by atoms with Gasteiger partial charge in [-0.05, 0) is 46.0 Å². The lowest BCUT2D eigenvalue weighted by molar-refractivity contribution is -0.276. The van der Waals surface area contributed by atoms with E-state index in [1.54, 1.807) is 37.1 Å². The van der Waals surface area contributed by atoms with Crippen molar-refractivity contribution < 1.29 is 32.9 Å². The molecule has 1 aliphatic heterocycles. The minimum Gasteiger partial charge on any atom is -0.512 e. The summed E-state index contributed by atoms with van der Waals surface area (Å²) >= 11 is 6.53. The first-order valence-electron chi connectivity index (χ1n) is 12.7. The van der Waals surface area contributed by atoms with Crippen LogP contribution in [0.3, 0.4) is 0 Å². The molecule has 1 aromatic heterocycles. The highest BCUT2D eigenvalue weighted by atomic mass is 35.5. The molecule has 0 spiro atoms. The van der Waals surface area contributed by atoms with Gasteiger partial charge in [-0.2, -0.15) is 13.2 Å². The van der Waals surface area contributed by atoms with Crippen LogP contribution in [0.25, 0.3) is 17.0 Å². The Labute approximate surface area is 236 Å². The zero-order chi connectivity index (χ0) is 29.8. The third-order valence-electron chi connectivity index (χ3n) is 6.93. The Morgan fingerprint density at radius 1 is 1.25 bits per heavy atom. The Hall–Kier alpha value is -2.93. The molecular weight excluding hydrogens is 551 g/mol. The molecule has 0 bridgehead atoms. The lowest BCUT2D eigenvalue weighted by atomic mass is 9.90. The number of aliphatic hydroxyl groups is 2. The monoisotopic (exact) mass is 585 g/mol. The van der Waals surface area contributed by atoms with Crippen LogP contribution in [-0.2, 0) is 4.74 Å². The number of aliphatic hydroxyl groups excluding tert-OH is 2. The van der Waals surface area contributed by atoms with Crippen LogP contribution < -0.4 is 15.0 Å². The molecule has 1 atom stereocenters. The smallest absolute Gasteiger partial charge is 0.417 e. The van der Waals surface area contributed by atoms with Crippen LogP contribution >= 0.6 is 11.6 Å². The molecule has 2 heterocycles. The number of ether oxygens (including phenoxy) is 2. The highest BCUT2D eigenvalue weighted by molar-refractivity contribution is 6.33. The van der Waals surface area contributed by atoms with E-state index in [0.717, 1.165) is 7.11 Å². The van der Waals surface area contributed by atoms with Gasteiger partial charge >= 0.3 is 6.18 Å². The molecule has 2 aromatic rings. The van der Waals surface area contributed by atoms with Crippen LogP contribution in [0, 0.1) is 12.3 Å². The van der Waals surface area contributed by atoms with Crippen molar-refractivity contribution in [3.8, 4) is 17.1 Å². The summed E-state index contributed by atoms with van der Waals surface area (Å²) in [7, 11) is 2.78. The zero-order valence-electron chi connectivity index (χ0n) is 23.1. The standard InChI is InChI=1S/C27H35ClF3N5O4/c1-15-23(22(16(2)32)17(3)37)34-24(20-12-19(6-7-21(20)28)40-14-18(38)13-33-4)35-25(15)36-10-8-26(39-5,9-11-36)27(29,30)31/h6-7,12,18,32-33,37-38H,8-11,13-14H2,1-5H3/b22-17+,32-16?/t18-/m1/s1. The summed E-state index contributed by atoms with van der Waals surface area (Å²) < 4.78 is 52.1. The molecule has 13 heteroatoms. The lowest BCUT2D eigenvalue weighted by Gasteiger charge is -2.42. The van der Waals surface area contributed by atoms with Crippen LogP contribution in [0.2, 0.25) is 5.02 Å². The van der Waals surface area contributed by atoms with E-state index in [1.165, 1.54) is 13.8 Å². The third-order valence-corrected chi connectivity index (χ3v) is 7.26. The second-order valence-electron chi connectivity index (χ2n) is 9.78. The van der Waals surface area contributed by atoms with E-state index >= 15 is 0 Å². The number of methoxy groups -OCH3 is 1. The van der Waals surface area contributed by atoms with Gasteiger partial charge in [0.25, 0.3) is 0 Å². The Balaban J connectivity index is 2.12. The van der Waals surface area contributed by atoms with Crippen molar-refractivity contribution in [3.63, 3.8) is 0 Å². The van der Waals surface area contributed by atoms with Gasteiger partial charge in [-0.3, -0.25) is 0 Å². The van der Waals surface area contributed by atoms with Gasteiger partial charge in [-0.25, -0.2) is 9.97 Å². The molecule has 1 saturated heterocycles. The number of alkyl halides is 3. The zero-order valence-corrected chi connectivity index (χ0v) is 23.9. The Morgan fingerprint density at radius 3 is 2.42 bits per heavy atom. The van der Waals surface area contributed by atoms with E-state index in [2.05, 4.69) is 10.3 Å². The second-order valence-corrected chi connectivity index (χ2v) is 10.2. The summed E-state index contributed by atoms with van der Waals surface area (Å²) in [6.07, 6.45) is -5.87. The van der Waals surface area contributed by atoms with Crippen LogP contribution in [0.15, 0.2) is 24.0 Å². The van der Waals surface area contributed by atoms with E-state index in [-0.39, 0.29) is 66.1 Å². The summed E-state index contributed by atoms with van der Waals surface area (Å²) in [5, 5.41) is 31.8. The van der Waals surface area contributed by atoms with Crippen molar-refractivity contribution in [2.75, 3.05) is 45.3 Å². The molecule has 9 nitrogen and oxygen atoms in total. The second kappa shape index (κ2) is 12.7. The van der Waals surface area contributed by atoms with Crippen molar-refractivity contribution in [1.29, 1.82) is 5.41 Å². The average molecular weight is 586 g/mol. The number of allylic oxidation sites excluding steroid dienone is 2. The highest BCUT2D eigenvalue weighted by Gasteiger charge is 2.56. The SMILES string of the molecule is CNC[C@@H](O)COc1ccc(Cl)c(-c2nc(/C(C(C)=N)=C(\C)O)c(C)c(N3CCC(OC)(C(F)(F)F)CC3)n2)c1. The summed E-state index contributed by atoms with van der Waals surface area (Å²) in [5.74, 6) is 0.758. The number of benzene rings is 1. The maximum atomic E-state index is 13.8. The fraction of sp³-hybridized carbons (Fsp3) is 0.519. The molecule has 0 aliphatic carbocycles. The average Bonchev–Trinajstić information content (AvgIpc) is 2.88. The summed E-state index contributed by atoms with van der Waals surface area (Å²) in [6.45, 7) is 5.00. The number of aromatic nitrogens is 2. The van der Waals surface area contributed by atoms with E-state index in [1.807, 2.05) is 0 Å². The quantitative estimate of drug-likeness (QED) is 0.228. The number of piperidine rings is 1. The van der Waals surface area contributed by atoms with Crippen LogP contribution in [-0.4, -0.2) is 84.2 Å². The maximum Gasteiger partial charge on any atom is 0.417 e. The van der Waals surface area contributed by atoms with Crippen molar-refractivity contribution in [1.82, 2.24) is 15.3 Å². The van der Waals surface area contributed by atoms with Gasteiger partial charge in [-0.15, -0.1) is 0 Å². The Kier molecular flexibility index (Phi) is 10.0. The largest absolute Gasteiger partial charge is 0.512 e. The number of hydrogen-bond acceptors (Lipinski definition) is 9. The maximum absolute atomic E-state index is 13.8. The van der Waals surface area contributed by atoms with Gasteiger partial charge < -0.3 is 35.3 Å². The normalized spacial score (nSPS) is 16.9. The lowest BCUT2D eigenvalue weighted by Crippen LogP contribution is -2.55. The van der Waals surface area contributed by atoms with E-state index in [0.29, 0.717) is 29.2 Å². The third kappa shape index (κ3) is 6.68. The predicted molar refractivity (Wildman–Crippen MR) is 149 cm³/mol. The van der Waals surface area contributed by atoms with Gasteiger partial charge in [0.15, 0.2) is 11.4 Å². The van der Waals surface area contributed by atoms with Crippen molar-refractivity contribution in [2.45, 2.75) is 51.5 Å².